The number of carbonyl (C=O) groups is 1. The zero-order chi connectivity index (χ0) is 16.4. The van der Waals surface area contributed by atoms with E-state index in [1.807, 2.05) is 43.3 Å². The molecule has 0 radical (unpaired) electrons. The Balaban J connectivity index is 2.17. The van der Waals surface area contributed by atoms with Crippen LogP contribution in [0.3, 0.4) is 0 Å². The summed E-state index contributed by atoms with van der Waals surface area (Å²) in [6, 6.07) is 0. The molecule has 0 aliphatic rings. The third-order valence-electron chi connectivity index (χ3n) is 3.90. The Labute approximate surface area is 131 Å². The monoisotopic (exact) mass is 303 g/mol. The molecule has 0 saturated heterocycles. The minimum absolute atomic E-state index is 0.0598. The third-order valence-corrected chi connectivity index (χ3v) is 3.90. The summed E-state index contributed by atoms with van der Waals surface area (Å²) in [6.45, 7) is 10.9. The highest BCUT2D eigenvalue weighted by Crippen LogP contribution is 2.24. The number of rotatable bonds is 5. The molecule has 1 unspecified atom stereocenters. The Kier molecular flexibility index (Phi) is 4.68. The van der Waals surface area contributed by atoms with Gasteiger partial charge in [-0.1, -0.05) is 13.8 Å². The molecule has 0 fully saturated rings. The van der Waals surface area contributed by atoms with Gasteiger partial charge in [-0.3, -0.25) is 14.8 Å². The van der Waals surface area contributed by atoms with Gasteiger partial charge in [-0.05, 0) is 26.7 Å². The number of anilines is 1. The normalized spacial score (nSPS) is 12.7. The molecule has 22 heavy (non-hydrogen) atoms. The van der Waals surface area contributed by atoms with Crippen molar-refractivity contribution in [1.29, 1.82) is 0 Å². The van der Waals surface area contributed by atoms with Gasteiger partial charge in [0.2, 0.25) is 11.9 Å². The summed E-state index contributed by atoms with van der Waals surface area (Å²) in [5.74, 6) is 0.767. The van der Waals surface area contributed by atoms with Crippen LogP contribution in [0.1, 0.15) is 43.6 Å². The molecular weight excluding hydrogens is 278 g/mol. The summed E-state index contributed by atoms with van der Waals surface area (Å²) in [7, 11) is 1.89. The van der Waals surface area contributed by atoms with Crippen molar-refractivity contribution in [3.8, 4) is 0 Å². The Morgan fingerprint density at radius 1 is 1.32 bits per heavy atom. The Bertz CT molecular complexity index is 668. The number of hydrogen-bond acceptors (Lipinski definition) is 3. The lowest BCUT2D eigenvalue weighted by Gasteiger charge is -2.15. The summed E-state index contributed by atoms with van der Waals surface area (Å²) >= 11 is 0. The van der Waals surface area contributed by atoms with Crippen LogP contribution in [0.2, 0.25) is 0 Å². The van der Waals surface area contributed by atoms with Crippen molar-refractivity contribution in [3.63, 3.8) is 0 Å². The fraction of sp³-hybridized carbons (Fsp3) is 0.562. The first kappa shape index (κ1) is 16.3. The molecule has 2 rings (SSSR count). The van der Waals surface area contributed by atoms with E-state index in [4.69, 9.17) is 0 Å². The van der Waals surface area contributed by atoms with Crippen LogP contribution < -0.4 is 5.32 Å². The molecule has 0 aromatic carbocycles. The van der Waals surface area contributed by atoms with Gasteiger partial charge < -0.3 is 4.57 Å². The molecule has 2 aromatic heterocycles. The van der Waals surface area contributed by atoms with Gasteiger partial charge in [0, 0.05) is 37.2 Å². The molecule has 1 atom stereocenters. The zero-order valence-corrected chi connectivity index (χ0v) is 14.2. The molecule has 2 heterocycles. The second kappa shape index (κ2) is 6.34. The van der Waals surface area contributed by atoms with E-state index in [0.717, 1.165) is 23.5 Å². The van der Waals surface area contributed by atoms with Crippen LogP contribution in [0.5, 0.6) is 0 Å². The van der Waals surface area contributed by atoms with Crippen molar-refractivity contribution >= 4 is 11.9 Å². The average molecular weight is 303 g/mol. The van der Waals surface area contributed by atoms with Crippen molar-refractivity contribution in [1.82, 2.24) is 19.3 Å². The zero-order valence-electron chi connectivity index (χ0n) is 14.2. The highest BCUT2D eigenvalue weighted by atomic mass is 16.2. The minimum atomic E-state index is -0.266. The van der Waals surface area contributed by atoms with Crippen LogP contribution in [-0.2, 0) is 18.4 Å². The van der Waals surface area contributed by atoms with Crippen LogP contribution in [0.4, 0.5) is 5.95 Å². The highest BCUT2D eigenvalue weighted by molar-refractivity contribution is 5.94. The maximum absolute atomic E-state index is 12.6. The van der Waals surface area contributed by atoms with Gasteiger partial charge >= 0.3 is 0 Å². The summed E-state index contributed by atoms with van der Waals surface area (Å²) in [4.78, 5) is 16.8. The number of nitrogens with zero attached hydrogens (tertiary/aromatic N) is 4. The van der Waals surface area contributed by atoms with Gasteiger partial charge in [-0.2, -0.15) is 5.10 Å². The molecule has 0 bridgehead atoms. The molecule has 6 nitrogen and oxygen atoms in total. The molecule has 0 saturated carbocycles. The molecule has 2 aromatic rings. The van der Waals surface area contributed by atoms with E-state index in [1.54, 1.807) is 6.20 Å². The highest BCUT2D eigenvalue weighted by Gasteiger charge is 2.23. The Morgan fingerprint density at radius 3 is 2.55 bits per heavy atom. The van der Waals surface area contributed by atoms with Crippen molar-refractivity contribution in [3.05, 3.63) is 29.3 Å². The van der Waals surface area contributed by atoms with Crippen molar-refractivity contribution in [2.75, 3.05) is 5.32 Å². The second-order valence-electron chi connectivity index (χ2n) is 6.22. The summed E-state index contributed by atoms with van der Waals surface area (Å²) < 4.78 is 3.78. The lowest BCUT2D eigenvalue weighted by Crippen LogP contribution is -2.22. The first-order valence-corrected chi connectivity index (χ1v) is 7.63. The van der Waals surface area contributed by atoms with E-state index < -0.39 is 0 Å². The molecule has 0 aliphatic carbocycles. The number of amides is 1. The van der Waals surface area contributed by atoms with Gasteiger partial charge in [0.1, 0.15) is 0 Å². The Morgan fingerprint density at radius 2 is 2.00 bits per heavy atom. The Hall–Kier alpha value is -2.11. The molecule has 1 N–H and O–H groups in total. The molecule has 1 amide bonds. The third kappa shape index (κ3) is 3.21. The van der Waals surface area contributed by atoms with E-state index >= 15 is 0 Å². The van der Waals surface area contributed by atoms with Gasteiger partial charge in [-0.15, -0.1) is 0 Å². The second-order valence-corrected chi connectivity index (χ2v) is 6.22. The summed E-state index contributed by atoms with van der Waals surface area (Å²) in [5.41, 5.74) is 2.90. The van der Waals surface area contributed by atoms with Gasteiger partial charge in [0.25, 0.3) is 0 Å². The molecule has 6 heteroatoms. The first-order chi connectivity index (χ1) is 10.3. The predicted octanol–water partition coefficient (Wildman–Crippen LogP) is 2.63. The molecule has 120 valence electrons. The van der Waals surface area contributed by atoms with E-state index in [-0.39, 0.29) is 11.8 Å². The number of carbonyl (C=O) groups excluding carboxylic acids is 1. The van der Waals surface area contributed by atoms with Crippen LogP contribution >= 0.6 is 0 Å². The summed E-state index contributed by atoms with van der Waals surface area (Å²) in [5, 5.41) is 7.32. The van der Waals surface area contributed by atoms with Crippen LogP contribution in [0.25, 0.3) is 0 Å². The van der Waals surface area contributed by atoms with E-state index in [0.29, 0.717) is 11.9 Å². The minimum Gasteiger partial charge on any atom is -0.317 e. The largest absolute Gasteiger partial charge is 0.317 e. The quantitative estimate of drug-likeness (QED) is 0.923. The maximum Gasteiger partial charge on any atom is 0.234 e. The standard InChI is InChI=1S/C16H25N5O/c1-10(2)9-21-8-7-17-16(21)18-15(22)11(3)14-12(4)19-20(6)13(14)5/h7-8,10-11H,9H2,1-6H3,(H,17,18,22). The number of aryl methyl sites for hydroxylation is 2. The van der Waals surface area contributed by atoms with Crippen LogP contribution in [0.15, 0.2) is 12.4 Å². The topological polar surface area (TPSA) is 64.7 Å². The fourth-order valence-corrected chi connectivity index (χ4v) is 2.74. The van der Waals surface area contributed by atoms with Gasteiger partial charge in [0.05, 0.1) is 11.6 Å². The smallest absolute Gasteiger partial charge is 0.234 e. The van der Waals surface area contributed by atoms with Crippen molar-refractivity contribution < 1.29 is 4.79 Å². The number of imidazole rings is 1. The molecular formula is C16H25N5O. The van der Waals surface area contributed by atoms with Crippen LogP contribution in [0, 0.1) is 19.8 Å². The molecule has 0 spiro atoms. The average Bonchev–Trinajstić information content (AvgIpc) is 2.94. The maximum atomic E-state index is 12.6. The van der Waals surface area contributed by atoms with E-state index in [1.165, 1.54) is 0 Å². The van der Waals surface area contributed by atoms with E-state index in [2.05, 4.69) is 29.2 Å². The number of hydrogen-bond donors (Lipinski definition) is 1. The van der Waals surface area contributed by atoms with Crippen LogP contribution in [-0.4, -0.2) is 25.2 Å². The molecule has 0 aliphatic heterocycles. The van der Waals surface area contributed by atoms with Crippen molar-refractivity contribution in [2.24, 2.45) is 13.0 Å². The first-order valence-electron chi connectivity index (χ1n) is 7.63. The van der Waals surface area contributed by atoms with E-state index in [9.17, 15) is 4.79 Å². The summed E-state index contributed by atoms with van der Waals surface area (Å²) in [6.07, 6.45) is 3.60. The lowest BCUT2D eigenvalue weighted by molar-refractivity contribution is -0.117. The predicted molar refractivity (Wildman–Crippen MR) is 86.8 cm³/mol. The van der Waals surface area contributed by atoms with Gasteiger partial charge in [-0.25, -0.2) is 4.98 Å². The SMILES string of the molecule is Cc1nn(C)c(C)c1C(C)C(=O)Nc1nccn1CC(C)C. The lowest BCUT2D eigenvalue weighted by atomic mass is 9.98. The van der Waals surface area contributed by atoms with Crippen molar-refractivity contribution in [2.45, 2.75) is 47.1 Å². The number of aromatic nitrogens is 4. The fourth-order valence-electron chi connectivity index (χ4n) is 2.74. The van der Waals surface area contributed by atoms with Gasteiger partial charge in [0.15, 0.2) is 0 Å². The number of nitrogens with one attached hydrogen (secondary N) is 1.